The molecule has 0 amide bonds. The predicted octanol–water partition coefficient (Wildman–Crippen LogP) is 3.70. The van der Waals surface area contributed by atoms with Crippen LogP contribution >= 0.6 is 15.9 Å². The van der Waals surface area contributed by atoms with Crippen molar-refractivity contribution in [3.8, 4) is 0 Å². The van der Waals surface area contributed by atoms with Crippen molar-refractivity contribution in [1.29, 1.82) is 0 Å². The molecule has 0 saturated carbocycles. The molecule has 0 bridgehead atoms. The van der Waals surface area contributed by atoms with Gasteiger partial charge in [-0.3, -0.25) is 0 Å². The van der Waals surface area contributed by atoms with Crippen molar-refractivity contribution >= 4 is 31.7 Å². The first-order chi connectivity index (χ1) is 10.8. The van der Waals surface area contributed by atoms with Crippen molar-refractivity contribution < 1.29 is 12.8 Å². The van der Waals surface area contributed by atoms with Crippen molar-refractivity contribution in [3.05, 3.63) is 69.9 Å². The predicted molar refractivity (Wildman–Crippen MR) is 91.1 cm³/mol. The maximum atomic E-state index is 13.1. The van der Waals surface area contributed by atoms with E-state index in [0.29, 0.717) is 17.7 Å². The summed E-state index contributed by atoms with van der Waals surface area (Å²) in [5.41, 5.74) is 2.27. The number of hydrogen-bond donors (Lipinski definition) is 0. The Morgan fingerprint density at radius 1 is 1.13 bits per heavy atom. The Hall–Kier alpha value is -1.73. The van der Waals surface area contributed by atoms with E-state index in [4.69, 9.17) is 0 Å². The van der Waals surface area contributed by atoms with Crippen molar-refractivity contribution in [2.75, 3.05) is 6.26 Å². The second-order valence-corrected chi connectivity index (χ2v) is 8.12. The normalized spacial score (nSPS) is 18.1. The van der Waals surface area contributed by atoms with E-state index in [0.717, 1.165) is 20.7 Å². The highest BCUT2D eigenvalue weighted by molar-refractivity contribution is 9.10. The van der Waals surface area contributed by atoms with Crippen LogP contribution in [0.1, 0.15) is 23.6 Å². The number of nitrogens with zero attached hydrogens (tertiary/aromatic N) is 2. The van der Waals surface area contributed by atoms with E-state index in [1.165, 1.54) is 12.1 Å². The summed E-state index contributed by atoms with van der Waals surface area (Å²) in [6.07, 6.45) is 1.57. The molecule has 1 aliphatic rings. The van der Waals surface area contributed by atoms with E-state index in [1.54, 1.807) is 12.1 Å². The number of rotatable bonds is 3. The molecule has 2 aromatic rings. The van der Waals surface area contributed by atoms with Crippen molar-refractivity contribution in [2.45, 2.75) is 12.5 Å². The molecule has 0 saturated heterocycles. The van der Waals surface area contributed by atoms with Crippen LogP contribution in [0, 0.1) is 5.82 Å². The molecular weight excluding hydrogens is 383 g/mol. The van der Waals surface area contributed by atoms with Crippen LogP contribution in [0.4, 0.5) is 4.39 Å². The molecular formula is C16H14BrFN2O2S. The fourth-order valence-corrected chi connectivity index (χ4v) is 3.71. The zero-order valence-electron chi connectivity index (χ0n) is 12.3. The SMILES string of the molecule is CS(=O)(=O)N1N=C(c2ccc(Br)cc2)CC1c1ccc(F)cc1. The lowest BCUT2D eigenvalue weighted by molar-refractivity contribution is 0.374. The Labute approximate surface area is 142 Å². The molecule has 0 fully saturated rings. The summed E-state index contributed by atoms with van der Waals surface area (Å²) in [5, 5.41) is 4.29. The van der Waals surface area contributed by atoms with Gasteiger partial charge in [0.25, 0.3) is 0 Å². The zero-order valence-corrected chi connectivity index (χ0v) is 14.7. The summed E-state index contributed by atoms with van der Waals surface area (Å²) in [4.78, 5) is 0. The van der Waals surface area contributed by atoms with E-state index < -0.39 is 16.1 Å². The molecule has 4 nitrogen and oxygen atoms in total. The Kier molecular flexibility index (Phi) is 4.25. The lowest BCUT2D eigenvalue weighted by Crippen LogP contribution is -2.25. The Morgan fingerprint density at radius 3 is 2.30 bits per heavy atom. The highest BCUT2D eigenvalue weighted by Gasteiger charge is 2.34. The van der Waals surface area contributed by atoms with E-state index in [1.807, 2.05) is 24.3 Å². The van der Waals surface area contributed by atoms with Gasteiger partial charge in [0.05, 0.1) is 18.0 Å². The van der Waals surface area contributed by atoms with Crippen LogP contribution in [-0.4, -0.2) is 24.8 Å². The van der Waals surface area contributed by atoms with Gasteiger partial charge < -0.3 is 0 Å². The second-order valence-electron chi connectivity index (χ2n) is 5.36. The Balaban J connectivity index is 1.99. The number of halogens is 2. The first-order valence-corrected chi connectivity index (χ1v) is 9.57. The average Bonchev–Trinajstić information content (AvgIpc) is 2.94. The van der Waals surface area contributed by atoms with Crippen molar-refractivity contribution in [3.63, 3.8) is 0 Å². The number of hydrogen-bond acceptors (Lipinski definition) is 3. The van der Waals surface area contributed by atoms with Crippen molar-refractivity contribution in [1.82, 2.24) is 4.41 Å². The van der Waals surface area contributed by atoms with Crippen molar-refractivity contribution in [2.24, 2.45) is 5.10 Å². The molecule has 0 aromatic heterocycles. The molecule has 120 valence electrons. The molecule has 1 unspecified atom stereocenters. The maximum Gasteiger partial charge on any atom is 0.247 e. The first kappa shape index (κ1) is 16.1. The van der Waals surface area contributed by atoms with Crippen LogP contribution in [0.3, 0.4) is 0 Å². The molecule has 1 aliphatic heterocycles. The minimum absolute atomic E-state index is 0.355. The maximum absolute atomic E-state index is 13.1. The van der Waals surface area contributed by atoms with Crippen LogP contribution in [0.5, 0.6) is 0 Å². The van der Waals surface area contributed by atoms with Gasteiger partial charge in [-0.25, -0.2) is 12.8 Å². The third-order valence-corrected chi connectivity index (χ3v) is 5.19. The van der Waals surface area contributed by atoms with Crippen LogP contribution in [0.15, 0.2) is 58.1 Å². The molecule has 0 radical (unpaired) electrons. The first-order valence-electron chi connectivity index (χ1n) is 6.93. The van der Waals surface area contributed by atoms with Gasteiger partial charge in [0.2, 0.25) is 10.0 Å². The van der Waals surface area contributed by atoms with Gasteiger partial charge in [0.15, 0.2) is 0 Å². The van der Waals surface area contributed by atoms with E-state index in [-0.39, 0.29) is 5.82 Å². The molecule has 1 heterocycles. The molecule has 1 atom stereocenters. The van der Waals surface area contributed by atoms with E-state index >= 15 is 0 Å². The van der Waals surface area contributed by atoms with E-state index in [2.05, 4.69) is 21.0 Å². The molecule has 7 heteroatoms. The van der Waals surface area contributed by atoms with Gasteiger partial charge >= 0.3 is 0 Å². The van der Waals surface area contributed by atoms with Gasteiger partial charge in [-0.05, 0) is 35.4 Å². The second kappa shape index (κ2) is 6.05. The molecule has 2 aromatic carbocycles. The topological polar surface area (TPSA) is 49.7 Å². The third-order valence-electron chi connectivity index (χ3n) is 3.64. The molecule has 0 spiro atoms. The molecule has 0 aliphatic carbocycles. The lowest BCUT2D eigenvalue weighted by atomic mass is 9.99. The minimum Gasteiger partial charge on any atom is -0.207 e. The summed E-state index contributed by atoms with van der Waals surface area (Å²) in [7, 11) is -3.52. The highest BCUT2D eigenvalue weighted by atomic mass is 79.9. The largest absolute Gasteiger partial charge is 0.247 e. The smallest absolute Gasteiger partial charge is 0.207 e. The summed E-state index contributed by atoms with van der Waals surface area (Å²) in [6, 6.07) is 12.9. The van der Waals surface area contributed by atoms with Gasteiger partial charge in [-0.2, -0.15) is 9.52 Å². The van der Waals surface area contributed by atoms with Crippen LogP contribution in [0.25, 0.3) is 0 Å². The highest BCUT2D eigenvalue weighted by Crippen LogP contribution is 2.34. The number of hydrazone groups is 1. The van der Waals surface area contributed by atoms with Crippen LogP contribution in [0.2, 0.25) is 0 Å². The van der Waals surface area contributed by atoms with E-state index in [9.17, 15) is 12.8 Å². The fourth-order valence-electron chi connectivity index (χ4n) is 2.54. The summed E-state index contributed by atoms with van der Waals surface area (Å²) >= 11 is 3.37. The monoisotopic (exact) mass is 396 g/mol. The Morgan fingerprint density at radius 2 is 1.74 bits per heavy atom. The van der Waals surface area contributed by atoms with Gasteiger partial charge in [-0.15, -0.1) is 0 Å². The average molecular weight is 397 g/mol. The summed E-state index contributed by atoms with van der Waals surface area (Å²) < 4.78 is 39.3. The van der Waals surface area contributed by atoms with Gasteiger partial charge in [-0.1, -0.05) is 40.2 Å². The quantitative estimate of drug-likeness (QED) is 0.793. The standard InChI is InChI=1S/C16H14BrFN2O2S/c1-23(21,22)20-16(12-4-8-14(18)9-5-12)10-15(19-20)11-2-6-13(17)7-3-11/h2-9,16H,10H2,1H3. The molecule has 0 N–H and O–H groups in total. The van der Waals surface area contributed by atoms with Crippen LogP contribution < -0.4 is 0 Å². The number of sulfonamides is 1. The Bertz CT molecular complexity index is 849. The fraction of sp³-hybridized carbons (Fsp3) is 0.188. The zero-order chi connectivity index (χ0) is 16.6. The molecule has 23 heavy (non-hydrogen) atoms. The van der Waals surface area contributed by atoms with Gasteiger partial charge in [0.1, 0.15) is 5.82 Å². The lowest BCUT2D eigenvalue weighted by Gasteiger charge is -2.21. The summed E-state index contributed by atoms with van der Waals surface area (Å²) in [6.45, 7) is 0. The van der Waals surface area contributed by atoms with Crippen LogP contribution in [-0.2, 0) is 10.0 Å². The summed E-state index contributed by atoms with van der Waals surface area (Å²) in [5.74, 6) is -0.355. The third kappa shape index (κ3) is 3.45. The number of benzene rings is 2. The van der Waals surface area contributed by atoms with Gasteiger partial charge in [0, 0.05) is 10.9 Å². The molecule has 3 rings (SSSR count). The minimum atomic E-state index is -3.52.